The molecule has 5 nitrogen and oxygen atoms in total. The Labute approximate surface area is 115 Å². The molecule has 0 unspecified atom stereocenters. The Bertz CT molecular complexity index is 295. The molecule has 1 amide bonds. The summed E-state index contributed by atoms with van der Waals surface area (Å²) in [4.78, 5) is 16.2. The average molecular weight is 270 g/mol. The van der Waals surface area contributed by atoms with Crippen molar-refractivity contribution in [1.29, 1.82) is 0 Å². The van der Waals surface area contributed by atoms with Gasteiger partial charge < -0.3 is 14.4 Å². The van der Waals surface area contributed by atoms with Gasteiger partial charge in [-0.2, -0.15) is 0 Å². The van der Waals surface area contributed by atoms with Crippen LogP contribution in [0.15, 0.2) is 0 Å². The van der Waals surface area contributed by atoms with Gasteiger partial charge in [-0.3, -0.25) is 9.69 Å². The molecule has 2 heterocycles. The van der Waals surface area contributed by atoms with Crippen LogP contribution in [0, 0.1) is 5.92 Å². The second-order valence-corrected chi connectivity index (χ2v) is 5.84. The lowest BCUT2D eigenvalue weighted by Crippen LogP contribution is -2.46. The lowest BCUT2D eigenvalue weighted by Gasteiger charge is -2.35. The number of likely N-dealkylation sites (N-methyl/N-ethyl adjacent to an activating group) is 1. The van der Waals surface area contributed by atoms with E-state index in [9.17, 15) is 4.79 Å². The number of carbonyl (C=O) groups is 1. The summed E-state index contributed by atoms with van der Waals surface area (Å²) < 4.78 is 11.1. The monoisotopic (exact) mass is 270 g/mol. The molecule has 0 aromatic heterocycles. The van der Waals surface area contributed by atoms with Crippen LogP contribution in [-0.4, -0.2) is 67.9 Å². The van der Waals surface area contributed by atoms with Crippen LogP contribution in [0.2, 0.25) is 0 Å². The van der Waals surface area contributed by atoms with Crippen molar-refractivity contribution >= 4 is 5.91 Å². The molecule has 2 fully saturated rings. The van der Waals surface area contributed by atoms with E-state index in [0.717, 1.165) is 25.9 Å². The van der Waals surface area contributed by atoms with Gasteiger partial charge in [0.25, 0.3) is 0 Å². The molecule has 5 heteroatoms. The summed E-state index contributed by atoms with van der Waals surface area (Å²) in [7, 11) is 2.00. The van der Waals surface area contributed by atoms with Crippen LogP contribution in [0.3, 0.4) is 0 Å². The number of hydrogen-bond donors (Lipinski definition) is 0. The number of rotatable bonds is 4. The van der Waals surface area contributed by atoms with Crippen LogP contribution in [0.4, 0.5) is 0 Å². The Morgan fingerprint density at radius 1 is 1.26 bits per heavy atom. The fourth-order valence-corrected chi connectivity index (χ4v) is 2.57. The van der Waals surface area contributed by atoms with Gasteiger partial charge in [0.05, 0.1) is 19.8 Å². The van der Waals surface area contributed by atoms with Crippen molar-refractivity contribution in [2.45, 2.75) is 39.0 Å². The largest absolute Gasteiger partial charge is 0.350 e. The predicted octanol–water partition coefficient (Wildman–Crippen LogP) is 0.938. The third kappa shape index (κ3) is 3.91. The Morgan fingerprint density at radius 3 is 2.37 bits per heavy atom. The van der Waals surface area contributed by atoms with E-state index in [-0.39, 0.29) is 12.2 Å². The fourth-order valence-electron chi connectivity index (χ4n) is 2.57. The van der Waals surface area contributed by atoms with Crippen LogP contribution in [-0.2, 0) is 14.3 Å². The van der Waals surface area contributed by atoms with E-state index in [0.29, 0.717) is 31.7 Å². The minimum Gasteiger partial charge on any atom is -0.350 e. The van der Waals surface area contributed by atoms with Gasteiger partial charge in [-0.05, 0) is 33.7 Å². The topological polar surface area (TPSA) is 42.0 Å². The first-order valence-corrected chi connectivity index (χ1v) is 7.29. The smallest absolute Gasteiger partial charge is 0.236 e. The minimum atomic E-state index is -0.0319. The van der Waals surface area contributed by atoms with Crippen LogP contribution in [0.1, 0.15) is 26.7 Å². The molecule has 0 bridgehead atoms. The molecule has 0 radical (unpaired) electrons. The Balaban J connectivity index is 1.74. The lowest BCUT2D eigenvalue weighted by atomic mass is 9.96. The summed E-state index contributed by atoms with van der Waals surface area (Å²) in [5.41, 5.74) is 0. The quantitative estimate of drug-likeness (QED) is 0.762. The minimum absolute atomic E-state index is 0.0319. The molecule has 2 aliphatic rings. The third-order valence-electron chi connectivity index (χ3n) is 4.19. The Morgan fingerprint density at radius 2 is 1.84 bits per heavy atom. The van der Waals surface area contributed by atoms with Crippen LogP contribution >= 0.6 is 0 Å². The number of carbonyl (C=O) groups excluding carboxylic acids is 1. The van der Waals surface area contributed by atoms with Crippen molar-refractivity contribution in [3.8, 4) is 0 Å². The van der Waals surface area contributed by atoms with E-state index in [1.807, 2.05) is 11.9 Å². The maximum absolute atomic E-state index is 12.2. The molecule has 0 aromatic carbocycles. The Kier molecular flexibility index (Phi) is 5.19. The molecular formula is C14H26N2O3. The summed E-state index contributed by atoms with van der Waals surface area (Å²) >= 11 is 0. The SMILES string of the molecule is CC(C)N(C)CC(=O)N1CCC(C2OCCO2)CC1. The lowest BCUT2D eigenvalue weighted by molar-refractivity contribution is -0.138. The fraction of sp³-hybridized carbons (Fsp3) is 0.929. The van der Waals surface area contributed by atoms with E-state index in [1.165, 1.54) is 0 Å². The molecule has 0 saturated carbocycles. The molecule has 19 heavy (non-hydrogen) atoms. The molecule has 0 aliphatic carbocycles. The van der Waals surface area contributed by atoms with E-state index in [1.54, 1.807) is 0 Å². The maximum Gasteiger partial charge on any atom is 0.236 e. The highest BCUT2D eigenvalue weighted by atomic mass is 16.7. The molecule has 110 valence electrons. The van der Waals surface area contributed by atoms with Crippen LogP contribution < -0.4 is 0 Å². The van der Waals surface area contributed by atoms with Crippen molar-refractivity contribution < 1.29 is 14.3 Å². The predicted molar refractivity (Wildman–Crippen MR) is 72.8 cm³/mol. The summed E-state index contributed by atoms with van der Waals surface area (Å²) in [6.07, 6.45) is 1.94. The number of nitrogens with zero attached hydrogens (tertiary/aromatic N) is 2. The zero-order valence-electron chi connectivity index (χ0n) is 12.3. The summed E-state index contributed by atoms with van der Waals surface area (Å²) in [6, 6.07) is 0.404. The normalized spacial score (nSPS) is 22.7. The summed E-state index contributed by atoms with van der Waals surface area (Å²) in [5, 5.41) is 0. The number of likely N-dealkylation sites (tertiary alicyclic amines) is 1. The van der Waals surface area contributed by atoms with Crippen molar-refractivity contribution in [1.82, 2.24) is 9.80 Å². The number of hydrogen-bond acceptors (Lipinski definition) is 4. The molecule has 0 atom stereocenters. The highest BCUT2D eigenvalue weighted by molar-refractivity contribution is 5.78. The summed E-state index contributed by atoms with van der Waals surface area (Å²) in [5.74, 6) is 0.692. The highest BCUT2D eigenvalue weighted by Crippen LogP contribution is 2.25. The van der Waals surface area contributed by atoms with Crippen molar-refractivity contribution in [2.75, 3.05) is 39.9 Å². The van der Waals surface area contributed by atoms with Crippen LogP contribution in [0.25, 0.3) is 0 Å². The van der Waals surface area contributed by atoms with Gasteiger partial charge in [-0.25, -0.2) is 0 Å². The molecule has 2 aliphatic heterocycles. The number of ether oxygens (including phenoxy) is 2. The average Bonchev–Trinajstić information content (AvgIpc) is 2.92. The van der Waals surface area contributed by atoms with Crippen molar-refractivity contribution in [3.05, 3.63) is 0 Å². The van der Waals surface area contributed by atoms with E-state index in [4.69, 9.17) is 9.47 Å². The number of amides is 1. The zero-order valence-corrected chi connectivity index (χ0v) is 12.3. The molecule has 2 saturated heterocycles. The first-order chi connectivity index (χ1) is 9.08. The second-order valence-electron chi connectivity index (χ2n) is 5.84. The van der Waals surface area contributed by atoms with Gasteiger partial charge in [0.2, 0.25) is 5.91 Å². The standard InChI is InChI=1S/C14H26N2O3/c1-11(2)15(3)10-13(17)16-6-4-12(5-7-16)14-18-8-9-19-14/h11-12,14H,4-10H2,1-3H3. The summed E-state index contributed by atoms with van der Waals surface area (Å²) in [6.45, 7) is 7.81. The maximum atomic E-state index is 12.2. The van der Waals surface area contributed by atoms with Crippen LogP contribution in [0.5, 0.6) is 0 Å². The molecule has 0 aromatic rings. The van der Waals surface area contributed by atoms with Crippen molar-refractivity contribution in [2.24, 2.45) is 5.92 Å². The van der Waals surface area contributed by atoms with Gasteiger partial charge in [0, 0.05) is 25.0 Å². The van der Waals surface area contributed by atoms with E-state index < -0.39 is 0 Å². The zero-order chi connectivity index (χ0) is 13.8. The van der Waals surface area contributed by atoms with Gasteiger partial charge in [0.15, 0.2) is 6.29 Å². The van der Waals surface area contributed by atoms with E-state index in [2.05, 4.69) is 18.7 Å². The number of piperidine rings is 1. The highest BCUT2D eigenvalue weighted by Gasteiger charge is 2.31. The van der Waals surface area contributed by atoms with E-state index >= 15 is 0 Å². The molecular weight excluding hydrogens is 244 g/mol. The van der Waals surface area contributed by atoms with Gasteiger partial charge in [-0.15, -0.1) is 0 Å². The van der Waals surface area contributed by atoms with Crippen molar-refractivity contribution in [3.63, 3.8) is 0 Å². The molecule has 0 N–H and O–H groups in total. The molecule has 2 rings (SSSR count). The first kappa shape index (κ1) is 14.8. The Hall–Kier alpha value is -0.650. The third-order valence-corrected chi connectivity index (χ3v) is 4.19. The van der Waals surface area contributed by atoms with Gasteiger partial charge in [0.1, 0.15) is 0 Å². The first-order valence-electron chi connectivity index (χ1n) is 7.29. The molecule has 0 spiro atoms. The van der Waals surface area contributed by atoms with Gasteiger partial charge >= 0.3 is 0 Å². The van der Waals surface area contributed by atoms with Gasteiger partial charge in [-0.1, -0.05) is 0 Å². The second kappa shape index (κ2) is 6.68.